The third kappa shape index (κ3) is 3.86. The van der Waals surface area contributed by atoms with E-state index in [1.807, 2.05) is 61.7 Å². The lowest BCUT2D eigenvalue weighted by Crippen LogP contribution is -1.93. The lowest BCUT2D eigenvalue weighted by molar-refractivity contribution is 0.308. The number of rotatable bonds is 5. The predicted molar refractivity (Wildman–Crippen MR) is 88.9 cm³/mol. The Morgan fingerprint density at radius 1 is 0.955 bits per heavy atom. The van der Waals surface area contributed by atoms with Crippen LogP contribution >= 0.6 is 11.3 Å². The van der Waals surface area contributed by atoms with Gasteiger partial charge in [-0.15, -0.1) is 11.3 Å². The van der Waals surface area contributed by atoms with Crippen molar-refractivity contribution in [2.24, 2.45) is 0 Å². The van der Waals surface area contributed by atoms with E-state index in [9.17, 15) is 0 Å². The van der Waals surface area contributed by atoms with E-state index in [1.165, 1.54) is 5.56 Å². The zero-order valence-electron chi connectivity index (χ0n) is 12.6. The van der Waals surface area contributed by atoms with E-state index in [-0.39, 0.29) is 0 Å². The maximum atomic E-state index is 5.84. The van der Waals surface area contributed by atoms with Crippen molar-refractivity contribution in [1.82, 2.24) is 4.98 Å². The SMILES string of the molecule is Cc1ccc(Oc2cccc(OCc3cnc(C)s3)c2)cc1. The van der Waals surface area contributed by atoms with Crippen LogP contribution in [0.1, 0.15) is 15.4 Å². The van der Waals surface area contributed by atoms with Gasteiger partial charge in [-0.05, 0) is 38.1 Å². The molecule has 3 rings (SSSR count). The van der Waals surface area contributed by atoms with Gasteiger partial charge in [-0.1, -0.05) is 23.8 Å². The largest absolute Gasteiger partial charge is 0.488 e. The zero-order chi connectivity index (χ0) is 15.4. The monoisotopic (exact) mass is 311 g/mol. The minimum absolute atomic E-state index is 0.527. The highest BCUT2D eigenvalue weighted by molar-refractivity contribution is 7.11. The van der Waals surface area contributed by atoms with E-state index >= 15 is 0 Å². The van der Waals surface area contributed by atoms with Crippen molar-refractivity contribution in [2.45, 2.75) is 20.5 Å². The topological polar surface area (TPSA) is 31.4 Å². The number of benzene rings is 2. The molecule has 0 atom stereocenters. The highest BCUT2D eigenvalue weighted by Crippen LogP contribution is 2.26. The van der Waals surface area contributed by atoms with Gasteiger partial charge in [0.15, 0.2) is 0 Å². The van der Waals surface area contributed by atoms with E-state index in [0.717, 1.165) is 27.1 Å². The van der Waals surface area contributed by atoms with Crippen LogP contribution in [0.4, 0.5) is 0 Å². The normalized spacial score (nSPS) is 10.5. The molecule has 0 unspecified atom stereocenters. The van der Waals surface area contributed by atoms with Gasteiger partial charge < -0.3 is 9.47 Å². The molecule has 0 saturated carbocycles. The van der Waals surface area contributed by atoms with Crippen molar-refractivity contribution in [3.8, 4) is 17.2 Å². The number of hydrogen-bond acceptors (Lipinski definition) is 4. The molecule has 0 aliphatic heterocycles. The minimum atomic E-state index is 0.527. The van der Waals surface area contributed by atoms with Crippen LogP contribution in [0, 0.1) is 13.8 Å². The zero-order valence-corrected chi connectivity index (χ0v) is 13.4. The summed E-state index contributed by atoms with van der Waals surface area (Å²) in [4.78, 5) is 5.34. The number of ether oxygens (including phenoxy) is 2. The maximum absolute atomic E-state index is 5.84. The molecule has 0 saturated heterocycles. The van der Waals surface area contributed by atoms with Crippen LogP contribution in [0.25, 0.3) is 0 Å². The second kappa shape index (κ2) is 6.62. The molecule has 1 aromatic heterocycles. The Morgan fingerprint density at radius 2 is 1.73 bits per heavy atom. The maximum Gasteiger partial charge on any atom is 0.131 e. The van der Waals surface area contributed by atoms with Crippen LogP contribution < -0.4 is 9.47 Å². The van der Waals surface area contributed by atoms with E-state index < -0.39 is 0 Å². The molecule has 3 aromatic rings. The molecule has 2 aromatic carbocycles. The quantitative estimate of drug-likeness (QED) is 0.654. The van der Waals surface area contributed by atoms with Crippen molar-refractivity contribution >= 4 is 11.3 Å². The lowest BCUT2D eigenvalue weighted by atomic mass is 10.2. The van der Waals surface area contributed by atoms with Crippen LogP contribution in [0.5, 0.6) is 17.2 Å². The van der Waals surface area contributed by atoms with Gasteiger partial charge in [0.2, 0.25) is 0 Å². The summed E-state index contributed by atoms with van der Waals surface area (Å²) in [5, 5.41) is 1.05. The van der Waals surface area contributed by atoms with Crippen LogP contribution in [-0.2, 0) is 6.61 Å². The summed E-state index contributed by atoms with van der Waals surface area (Å²) < 4.78 is 11.6. The molecule has 112 valence electrons. The van der Waals surface area contributed by atoms with Crippen molar-refractivity contribution in [3.63, 3.8) is 0 Å². The lowest BCUT2D eigenvalue weighted by Gasteiger charge is -2.09. The van der Waals surface area contributed by atoms with E-state index in [1.54, 1.807) is 11.3 Å². The van der Waals surface area contributed by atoms with E-state index in [4.69, 9.17) is 9.47 Å². The Labute approximate surface area is 134 Å². The first kappa shape index (κ1) is 14.6. The van der Waals surface area contributed by atoms with Crippen molar-refractivity contribution in [3.05, 3.63) is 70.2 Å². The van der Waals surface area contributed by atoms with E-state index in [2.05, 4.69) is 11.9 Å². The van der Waals surface area contributed by atoms with Crippen molar-refractivity contribution in [2.75, 3.05) is 0 Å². The molecule has 0 spiro atoms. The van der Waals surface area contributed by atoms with E-state index in [0.29, 0.717) is 6.61 Å². The molecule has 0 amide bonds. The molecule has 3 nitrogen and oxygen atoms in total. The standard InChI is InChI=1S/C18H17NO2S/c1-13-6-8-15(9-7-13)21-17-5-3-4-16(10-17)20-12-18-11-19-14(2)22-18/h3-11H,12H2,1-2H3. The predicted octanol–water partition coefficient (Wildman–Crippen LogP) is 5.13. The number of hydrogen-bond donors (Lipinski definition) is 0. The molecule has 0 fully saturated rings. The van der Waals surface area contributed by atoms with Crippen LogP contribution in [0.15, 0.2) is 54.7 Å². The second-order valence-corrected chi connectivity index (χ2v) is 6.34. The molecule has 0 aliphatic rings. The number of aryl methyl sites for hydroxylation is 2. The van der Waals surface area contributed by atoms with Crippen molar-refractivity contribution in [1.29, 1.82) is 0 Å². The first-order valence-corrected chi connectivity index (χ1v) is 7.89. The molecular formula is C18H17NO2S. The molecule has 0 N–H and O–H groups in total. The van der Waals surface area contributed by atoms with Gasteiger partial charge >= 0.3 is 0 Å². The van der Waals surface area contributed by atoms with Crippen LogP contribution in [-0.4, -0.2) is 4.98 Å². The third-order valence-corrected chi connectivity index (χ3v) is 4.00. The summed E-state index contributed by atoms with van der Waals surface area (Å²) in [5.74, 6) is 2.37. The molecule has 0 aliphatic carbocycles. The van der Waals surface area contributed by atoms with Gasteiger partial charge in [-0.25, -0.2) is 4.98 Å². The molecule has 4 heteroatoms. The average Bonchev–Trinajstić information content (AvgIpc) is 2.94. The fourth-order valence-corrected chi connectivity index (χ4v) is 2.70. The van der Waals surface area contributed by atoms with Gasteiger partial charge in [-0.2, -0.15) is 0 Å². The number of thiazole rings is 1. The van der Waals surface area contributed by atoms with Gasteiger partial charge in [0.1, 0.15) is 23.9 Å². The van der Waals surface area contributed by atoms with Gasteiger partial charge in [0, 0.05) is 12.3 Å². The third-order valence-electron chi connectivity index (χ3n) is 3.11. The summed E-state index contributed by atoms with van der Waals surface area (Å²) in [5.41, 5.74) is 1.21. The molecule has 22 heavy (non-hydrogen) atoms. The molecule has 0 radical (unpaired) electrons. The highest BCUT2D eigenvalue weighted by Gasteiger charge is 2.02. The van der Waals surface area contributed by atoms with Crippen molar-refractivity contribution < 1.29 is 9.47 Å². The summed E-state index contributed by atoms with van der Waals surface area (Å²) in [6.45, 7) is 4.57. The number of aromatic nitrogens is 1. The summed E-state index contributed by atoms with van der Waals surface area (Å²) in [6.07, 6.45) is 1.85. The Balaban J connectivity index is 1.65. The van der Waals surface area contributed by atoms with Crippen LogP contribution in [0.2, 0.25) is 0 Å². The summed E-state index contributed by atoms with van der Waals surface area (Å²) in [7, 11) is 0. The molecule has 0 bridgehead atoms. The van der Waals surface area contributed by atoms with Crippen LogP contribution in [0.3, 0.4) is 0 Å². The molecule has 1 heterocycles. The van der Waals surface area contributed by atoms with Gasteiger partial charge in [0.05, 0.1) is 9.88 Å². The first-order chi connectivity index (χ1) is 10.7. The Bertz CT molecular complexity index is 750. The molecular weight excluding hydrogens is 294 g/mol. The van der Waals surface area contributed by atoms with Gasteiger partial charge in [0.25, 0.3) is 0 Å². The van der Waals surface area contributed by atoms with Gasteiger partial charge in [-0.3, -0.25) is 0 Å². The number of nitrogens with zero attached hydrogens (tertiary/aromatic N) is 1. The average molecular weight is 311 g/mol. The first-order valence-electron chi connectivity index (χ1n) is 7.08. The Kier molecular flexibility index (Phi) is 4.39. The highest BCUT2D eigenvalue weighted by atomic mass is 32.1. The second-order valence-electron chi connectivity index (χ2n) is 5.02. The smallest absolute Gasteiger partial charge is 0.131 e. The Morgan fingerprint density at radius 3 is 2.45 bits per heavy atom. The fourth-order valence-electron chi connectivity index (χ4n) is 2.00. The Hall–Kier alpha value is -2.33. The summed E-state index contributed by atoms with van der Waals surface area (Å²) >= 11 is 1.65. The fraction of sp³-hybridized carbons (Fsp3) is 0.167. The minimum Gasteiger partial charge on any atom is -0.488 e. The summed E-state index contributed by atoms with van der Waals surface area (Å²) in [6, 6.07) is 15.7.